The van der Waals surface area contributed by atoms with Crippen molar-refractivity contribution in [3.8, 4) is 11.5 Å². The van der Waals surface area contributed by atoms with Gasteiger partial charge in [0.25, 0.3) is 0 Å². The van der Waals surface area contributed by atoms with Crippen molar-refractivity contribution < 1.29 is 14.6 Å². The predicted octanol–water partition coefficient (Wildman–Crippen LogP) is 2.88. The van der Waals surface area contributed by atoms with Crippen molar-refractivity contribution >= 4 is 11.8 Å². The number of aliphatic hydroxyl groups excluding tert-OH is 1. The molecule has 0 spiro atoms. The molecule has 0 aliphatic rings. The standard InChI is InChI=1S/C13H20O3S/c1-15-11-7-4-8-12(16-2)13(11)10(14)6-5-9-17-3/h4,7-8,10,14H,5-6,9H2,1-3H3. The van der Waals surface area contributed by atoms with Crippen molar-refractivity contribution in [2.75, 3.05) is 26.2 Å². The van der Waals surface area contributed by atoms with Gasteiger partial charge in [-0.1, -0.05) is 6.07 Å². The third-order valence-electron chi connectivity index (χ3n) is 2.63. The quantitative estimate of drug-likeness (QED) is 0.761. The minimum atomic E-state index is -0.534. The molecule has 1 aromatic rings. The molecule has 0 fully saturated rings. The van der Waals surface area contributed by atoms with Gasteiger partial charge in [0.1, 0.15) is 11.5 Å². The SMILES string of the molecule is COc1cccc(OC)c1C(O)CCCSC. The number of hydrogen-bond donors (Lipinski definition) is 1. The molecule has 17 heavy (non-hydrogen) atoms. The van der Waals surface area contributed by atoms with Crippen LogP contribution in [0.3, 0.4) is 0 Å². The van der Waals surface area contributed by atoms with Gasteiger partial charge in [0.15, 0.2) is 0 Å². The monoisotopic (exact) mass is 256 g/mol. The van der Waals surface area contributed by atoms with Crippen LogP contribution in [0.15, 0.2) is 18.2 Å². The summed E-state index contributed by atoms with van der Waals surface area (Å²) in [4.78, 5) is 0. The van der Waals surface area contributed by atoms with E-state index in [0.29, 0.717) is 11.5 Å². The summed E-state index contributed by atoms with van der Waals surface area (Å²) < 4.78 is 10.5. The van der Waals surface area contributed by atoms with E-state index in [9.17, 15) is 5.11 Å². The molecule has 0 saturated carbocycles. The van der Waals surface area contributed by atoms with Crippen molar-refractivity contribution in [2.24, 2.45) is 0 Å². The van der Waals surface area contributed by atoms with E-state index in [1.807, 2.05) is 18.2 Å². The molecular formula is C13H20O3S. The Kier molecular flexibility index (Phi) is 6.22. The van der Waals surface area contributed by atoms with Crippen LogP contribution in [0, 0.1) is 0 Å². The summed E-state index contributed by atoms with van der Waals surface area (Å²) in [5.74, 6) is 2.41. The molecule has 0 amide bonds. The first-order valence-electron chi connectivity index (χ1n) is 5.62. The predicted molar refractivity (Wildman–Crippen MR) is 72.1 cm³/mol. The molecule has 4 heteroatoms. The second kappa shape index (κ2) is 7.45. The Labute approximate surface area is 107 Å². The number of benzene rings is 1. The molecule has 0 aliphatic heterocycles. The van der Waals surface area contributed by atoms with Crippen LogP contribution in [0.5, 0.6) is 11.5 Å². The van der Waals surface area contributed by atoms with E-state index in [4.69, 9.17) is 9.47 Å². The molecule has 1 atom stereocenters. The van der Waals surface area contributed by atoms with E-state index in [-0.39, 0.29) is 0 Å². The Balaban J connectivity index is 2.85. The molecule has 1 rings (SSSR count). The number of hydrogen-bond acceptors (Lipinski definition) is 4. The van der Waals surface area contributed by atoms with E-state index in [2.05, 4.69) is 6.26 Å². The van der Waals surface area contributed by atoms with Crippen LogP contribution in [-0.2, 0) is 0 Å². The maximum atomic E-state index is 10.2. The lowest BCUT2D eigenvalue weighted by molar-refractivity contribution is 0.158. The van der Waals surface area contributed by atoms with Crippen molar-refractivity contribution in [3.05, 3.63) is 23.8 Å². The molecule has 0 aliphatic carbocycles. The molecule has 1 aromatic carbocycles. The van der Waals surface area contributed by atoms with Crippen molar-refractivity contribution in [3.63, 3.8) is 0 Å². The molecule has 0 heterocycles. The summed E-state index contributed by atoms with van der Waals surface area (Å²) in [7, 11) is 3.21. The maximum absolute atomic E-state index is 10.2. The minimum absolute atomic E-state index is 0.534. The maximum Gasteiger partial charge on any atom is 0.128 e. The number of ether oxygens (including phenoxy) is 2. The molecule has 0 bridgehead atoms. The third kappa shape index (κ3) is 3.82. The van der Waals surface area contributed by atoms with E-state index >= 15 is 0 Å². The van der Waals surface area contributed by atoms with E-state index in [0.717, 1.165) is 24.2 Å². The number of thioether (sulfide) groups is 1. The zero-order valence-electron chi connectivity index (χ0n) is 10.6. The van der Waals surface area contributed by atoms with Gasteiger partial charge in [-0.25, -0.2) is 0 Å². The molecular weight excluding hydrogens is 236 g/mol. The average molecular weight is 256 g/mol. The Hall–Kier alpha value is -0.870. The molecule has 3 nitrogen and oxygen atoms in total. The average Bonchev–Trinajstić information content (AvgIpc) is 2.37. The first-order chi connectivity index (χ1) is 8.24. The van der Waals surface area contributed by atoms with Gasteiger partial charge in [0.05, 0.1) is 25.9 Å². The lowest BCUT2D eigenvalue weighted by atomic mass is 10.0. The second-order valence-corrected chi connectivity index (χ2v) is 4.71. The van der Waals surface area contributed by atoms with Crippen molar-refractivity contribution in [1.29, 1.82) is 0 Å². The van der Waals surface area contributed by atoms with Gasteiger partial charge < -0.3 is 14.6 Å². The van der Waals surface area contributed by atoms with Gasteiger partial charge in [-0.15, -0.1) is 0 Å². The van der Waals surface area contributed by atoms with Crippen molar-refractivity contribution in [1.82, 2.24) is 0 Å². The highest BCUT2D eigenvalue weighted by molar-refractivity contribution is 7.98. The zero-order chi connectivity index (χ0) is 12.7. The molecule has 1 N–H and O–H groups in total. The number of aliphatic hydroxyl groups is 1. The van der Waals surface area contributed by atoms with Crippen LogP contribution >= 0.6 is 11.8 Å². The Morgan fingerprint density at radius 3 is 2.29 bits per heavy atom. The Bertz CT molecular complexity index is 319. The Morgan fingerprint density at radius 2 is 1.82 bits per heavy atom. The van der Waals surface area contributed by atoms with Gasteiger partial charge in [-0.2, -0.15) is 11.8 Å². The lowest BCUT2D eigenvalue weighted by Gasteiger charge is -2.17. The Morgan fingerprint density at radius 1 is 1.24 bits per heavy atom. The summed E-state index contributed by atoms with van der Waals surface area (Å²) in [6.45, 7) is 0. The van der Waals surface area contributed by atoms with Crippen LogP contribution in [0.1, 0.15) is 24.5 Å². The summed E-state index contributed by atoms with van der Waals surface area (Å²) in [5, 5.41) is 10.2. The fraction of sp³-hybridized carbons (Fsp3) is 0.538. The van der Waals surface area contributed by atoms with E-state index in [1.165, 1.54) is 0 Å². The normalized spacial score (nSPS) is 12.2. The first kappa shape index (κ1) is 14.2. The first-order valence-corrected chi connectivity index (χ1v) is 7.01. The summed E-state index contributed by atoms with van der Waals surface area (Å²) in [6.07, 6.45) is 3.23. The lowest BCUT2D eigenvalue weighted by Crippen LogP contribution is -2.04. The van der Waals surface area contributed by atoms with E-state index < -0.39 is 6.10 Å². The molecule has 1 unspecified atom stereocenters. The van der Waals surface area contributed by atoms with E-state index in [1.54, 1.807) is 26.0 Å². The van der Waals surface area contributed by atoms with Crippen LogP contribution in [0.25, 0.3) is 0 Å². The molecule has 0 saturated heterocycles. The van der Waals surface area contributed by atoms with Gasteiger partial charge in [-0.05, 0) is 37.0 Å². The second-order valence-electron chi connectivity index (χ2n) is 3.73. The fourth-order valence-corrected chi connectivity index (χ4v) is 2.23. The highest BCUT2D eigenvalue weighted by Crippen LogP contribution is 2.35. The largest absolute Gasteiger partial charge is 0.496 e. The molecule has 0 radical (unpaired) electrons. The summed E-state index contributed by atoms with van der Waals surface area (Å²) in [6, 6.07) is 5.54. The van der Waals surface area contributed by atoms with Crippen molar-refractivity contribution in [2.45, 2.75) is 18.9 Å². The fourth-order valence-electron chi connectivity index (χ4n) is 1.77. The van der Waals surface area contributed by atoms with Gasteiger partial charge in [0, 0.05) is 0 Å². The number of rotatable bonds is 7. The number of methoxy groups -OCH3 is 2. The highest BCUT2D eigenvalue weighted by atomic mass is 32.2. The van der Waals surface area contributed by atoms with Crippen LogP contribution in [0.4, 0.5) is 0 Å². The zero-order valence-corrected chi connectivity index (χ0v) is 11.4. The molecule has 96 valence electrons. The topological polar surface area (TPSA) is 38.7 Å². The van der Waals surface area contributed by atoms with Crippen LogP contribution < -0.4 is 9.47 Å². The van der Waals surface area contributed by atoms with Crippen LogP contribution in [0.2, 0.25) is 0 Å². The summed E-state index contributed by atoms with van der Waals surface area (Å²) in [5.41, 5.74) is 0.749. The summed E-state index contributed by atoms with van der Waals surface area (Å²) >= 11 is 1.79. The van der Waals surface area contributed by atoms with Gasteiger partial charge in [-0.3, -0.25) is 0 Å². The molecule has 0 aromatic heterocycles. The third-order valence-corrected chi connectivity index (χ3v) is 3.32. The minimum Gasteiger partial charge on any atom is -0.496 e. The highest BCUT2D eigenvalue weighted by Gasteiger charge is 2.18. The van der Waals surface area contributed by atoms with Crippen LogP contribution in [-0.4, -0.2) is 31.3 Å². The smallest absolute Gasteiger partial charge is 0.128 e. The van der Waals surface area contributed by atoms with Gasteiger partial charge >= 0.3 is 0 Å². The van der Waals surface area contributed by atoms with Gasteiger partial charge in [0.2, 0.25) is 0 Å².